The van der Waals surface area contributed by atoms with Gasteiger partial charge < -0.3 is 14.6 Å². The van der Waals surface area contributed by atoms with Crippen LogP contribution in [0.4, 0.5) is 4.39 Å². The summed E-state index contributed by atoms with van der Waals surface area (Å²) in [5.74, 6) is -3.27. The SMILES string of the molecule is CCOC(=O)/C(O)=C/C(=O)c1ccc(OC)c(F)c1. The number of methoxy groups -OCH3 is 1. The van der Waals surface area contributed by atoms with Gasteiger partial charge in [-0.2, -0.15) is 0 Å². The van der Waals surface area contributed by atoms with Crippen LogP contribution in [0.1, 0.15) is 17.3 Å². The average Bonchev–Trinajstić information content (AvgIpc) is 2.38. The van der Waals surface area contributed by atoms with Gasteiger partial charge in [0.2, 0.25) is 5.76 Å². The molecule has 0 unspecified atom stereocenters. The van der Waals surface area contributed by atoms with Crippen LogP contribution in [-0.2, 0) is 9.53 Å². The number of halogens is 1. The van der Waals surface area contributed by atoms with Crippen molar-refractivity contribution in [2.24, 2.45) is 0 Å². The fourth-order valence-electron chi connectivity index (χ4n) is 1.29. The molecule has 0 bridgehead atoms. The van der Waals surface area contributed by atoms with Gasteiger partial charge in [-0.25, -0.2) is 9.18 Å². The summed E-state index contributed by atoms with van der Waals surface area (Å²) in [5.41, 5.74) is -0.0193. The number of aliphatic hydroxyl groups is 1. The molecule has 0 saturated carbocycles. The smallest absolute Gasteiger partial charge is 0.373 e. The van der Waals surface area contributed by atoms with Crippen LogP contribution in [0.3, 0.4) is 0 Å². The van der Waals surface area contributed by atoms with Gasteiger partial charge in [0.15, 0.2) is 17.3 Å². The van der Waals surface area contributed by atoms with Gasteiger partial charge in [0.1, 0.15) is 0 Å². The fourth-order valence-corrected chi connectivity index (χ4v) is 1.29. The summed E-state index contributed by atoms with van der Waals surface area (Å²) >= 11 is 0. The van der Waals surface area contributed by atoms with Crippen molar-refractivity contribution in [2.75, 3.05) is 13.7 Å². The molecule has 0 amide bonds. The van der Waals surface area contributed by atoms with E-state index in [1.807, 2.05) is 0 Å². The minimum absolute atomic E-state index is 0.00450. The monoisotopic (exact) mass is 268 g/mol. The molecule has 102 valence electrons. The molecule has 0 radical (unpaired) electrons. The lowest BCUT2D eigenvalue weighted by Crippen LogP contribution is -2.09. The molecule has 0 fully saturated rings. The molecule has 0 heterocycles. The van der Waals surface area contributed by atoms with Gasteiger partial charge in [-0.05, 0) is 25.1 Å². The van der Waals surface area contributed by atoms with Crippen molar-refractivity contribution in [1.29, 1.82) is 0 Å². The Morgan fingerprint density at radius 3 is 2.63 bits per heavy atom. The van der Waals surface area contributed by atoms with Crippen molar-refractivity contribution < 1.29 is 28.6 Å². The van der Waals surface area contributed by atoms with E-state index in [1.54, 1.807) is 6.92 Å². The third kappa shape index (κ3) is 3.80. The van der Waals surface area contributed by atoms with Crippen molar-refractivity contribution in [3.8, 4) is 5.75 Å². The number of allylic oxidation sites excluding steroid dienone is 1. The number of aliphatic hydroxyl groups excluding tert-OH is 1. The van der Waals surface area contributed by atoms with Crippen molar-refractivity contribution in [3.63, 3.8) is 0 Å². The number of carbonyl (C=O) groups is 2. The van der Waals surface area contributed by atoms with Crippen LogP contribution in [0.25, 0.3) is 0 Å². The summed E-state index contributed by atoms with van der Waals surface area (Å²) in [5, 5.41) is 9.30. The van der Waals surface area contributed by atoms with Crippen LogP contribution in [0.2, 0.25) is 0 Å². The van der Waals surface area contributed by atoms with Gasteiger partial charge in [-0.1, -0.05) is 0 Å². The first-order valence-corrected chi connectivity index (χ1v) is 5.45. The summed E-state index contributed by atoms with van der Waals surface area (Å²) in [4.78, 5) is 22.8. The normalized spacial score (nSPS) is 11.0. The summed E-state index contributed by atoms with van der Waals surface area (Å²) in [6.45, 7) is 1.63. The maximum atomic E-state index is 13.4. The van der Waals surface area contributed by atoms with Crippen molar-refractivity contribution in [2.45, 2.75) is 6.92 Å². The van der Waals surface area contributed by atoms with Gasteiger partial charge >= 0.3 is 5.97 Å². The van der Waals surface area contributed by atoms with Crippen molar-refractivity contribution in [3.05, 3.63) is 41.4 Å². The van der Waals surface area contributed by atoms with Crippen LogP contribution in [0.5, 0.6) is 5.75 Å². The Labute approximate surface area is 109 Å². The molecular weight excluding hydrogens is 255 g/mol. The van der Waals surface area contributed by atoms with E-state index in [0.29, 0.717) is 6.08 Å². The highest BCUT2D eigenvalue weighted by Crippen LogP contribution is 2.18. The van der Waals surface area contributed by atoms with Crippen LogP contribution in [0, 0.1) is 5.82 Å². The first-order valence-electron chi connectivity index (χ1n) is 5.45. The highest BCUT2D eigenvalue weighted by atomic mass is 19.1. The molecule has 0 spiro atoms. The maximum Gasteiger partial charge on any atom is 0.373 e. The number of esters is 1. The van der Waals surface area contributed by atoms with E-state index >= 15 is 0 Å². The first-order chi connectivity index (χ1) is 8.99. The molecule has 6 heteroatoms. The van der Waals surface area contributed by atoms with Gasteiger partial charge in [0, 0.05) is 11.6 Å². The van der Waals surface area contributed by atoms with E-state index in [-0.39, 0.29) is 17.9 Å². The van der Waals surface area contributed by atoms with Crippen LogP contribution in [-0.4, -0.2) is 30.6 Å². The molecule has 1 aromatic rings. The molecule has 1 aromatic carbocycles. The van der Waals surface area contributed by atoms with Crippen LogP contribution < -0.4 is 4.74 Å². The lowest BCUT2D eigenvalue weighted by Gasteiger charge is -2.03. The Morgan fingerprint density at radius 2 is 2.11 bits per heavy atom. The Hall–Kier alpha value is -2.37. The third-order valence-electron chi connectivity index (χ3n) is 2.19. The summed E-state index contributed by atoms with van der Waals surface area (Å²) in [6.07, 6.45) is 0.680. The van der Waals surface area contributed by atoms with Gasteiger partial charge in [0.05, 0.1) is 13.7 Å². The van der Waals surface area contributed by atoms with Crippen LogP contribution in [0.15, 0.2) is 30.0 Å². The lowest BCUT2D eigenvalue weighted by atomic mass is 10.1. The Bertz CT molecular complexity index is 522. The van der Waals surface area contributed by atoms with E-state index in [4.69, 9.17) is 4.74 Å². The second-order valence-electron chi connectivity index (χ2n) is 3.46. The molecule has 0 aliphatic carbocycles. The molecule has 19 heavy (non-hydrogen) atoms. The van der Waals surface area contributed by atoms with E-state index < -0.39 is 23.3 Å². The van der Waals surface area contributed by atoms with Gasteiger partial charge in [0.25, 0.3) is 0 Å². The molecule has 5 nitrogen and oxygen atoms in total. The highest BCUT2D eigenvalue weighted by molar-refractivity contribution is 6.08. The predicted molar refractivity (Wildman–Crippen MR) is 64.6 cm³/mol. The Balaban J connectivity index is 2.92. The number of ether oxygens (including phenoxy) is 2. The molecule has 1 rings (SSSR count). The maximum absolute atomic E-state index is 13.4. The van der Waals surface area contributed by atoms with E-state index in [2.05, 4.69) is 4.74 Å². The lowest BCUT2D eigenvalue weighted by molar-refractivity contribution is -0.141. The number of rotatable bonds is 5. The topological polar surface area (TPSA) is 72.8 Å². The zero-order chi connectivity index (χ0) is 14.4. The summed E-state index contributed by atoms with van der Waals surface area (Å²) in [7, 11) is 1.30. The van der Waals surface area contributed by atoms with E-state index in [9.17, 15) is 19.1 Å². The van der Waals surface area contributed by atoms with Crippen molar-refractivity contribution in [1.82, 2.24) is 0 Å². The van der Waals surface area contributed by atoms with Crippen LogP contribution >= 0.6 is 0 Å². The quantitative estimate of drug-likeness (QED) is 0.383. The molecular formula is C13H13FO5. The zero-order valence-electron chi connectivity index (χ0n) is 10.5. The van der Waals surface area contributed by atoms with E-state index in [1.165, 1.54) is 19.2 Å². The number of hydrogen-bond donors (Lipinski definition) is 1. The molecule has 1 N–H and O–H groups in total. The Kier molecular flexibility index (Phi) is 5.05. The highest BCUT2D eigenvalue weighted by Gasteiger charge is 2.13. The number of benzene rings is 1. The average molecular weight is 268 g/mol. The van der Waals surface area contributed by atoms with Gasteiger partial charge in [-0.3, -0.25) is 4.79 Å². The second-order valence-corrected chi connectivity index (χ2v) is 3.46. The summed E-state index contributed by atoms with van der Waals surface area (Å²) in [6, 6.07) is 3.55. The number of hydrogen-bond acceptors (Lipinski definition) is 5. The molecule has 0 saturated heterocycles. The molecule has 0 atom stereocenters. The molecule has 0 aliphatic rings. The zero-order valence-corrected chi connectivity index (χ0v) is 10.5. The van der Waals surface area contributed by atoms with Gasteiger partial charge in [-0.15, -0.1) is 0 Å². The standard InChI is InChI=1S/C13H13FO5/c1-3-19-13(17)11(16)7-10(15)8-4-5-12(18-2)9(14)6-8/h4-7,16H,3H2,1-2H3/b11-7-. The predicted octanol–water partition coefficient (Wildman–Crippen LogP) is 2.02. The third-order valence-corrected chi connectivity index (χ3v) is 2.19. The molecule has 0 aliphatic heterocycles. The fraction of sp³-hybridized carbons (Fsp3) is 0.231. The number of carbonyl (C=O) groups excluding carboxylic acids is 2. The minimum Gasteiger partial charge on any atom is -0.502 e. The number of ketones is 1. The minimum atomic E-state index is -1.01. The van der Waals surface area contributed by atoms with E-state index in [0.717, 1.165) is 6.07 Å². The second kappa shape index (κ2) is 6.53. The first kappa shape index (κ1) is 14.7. The Morgan fingerprint density at radius 1 is 1.42 bits per heavy atom. The molecule has 0 aromatic heterocycles. The van der Waals surface area contributed by atoms with Crippen molar-refractivity contribution >= 4 is 11.8 Å². The summed E-state index contributed by atoms with van der Waals surface area (Å²) < 4.78 is 22.6. The largest absolute Gasteiger partial charge is 0.502 e.